The van der Waals surface area contributed by atoms with Crippen LogP contribution in [0.5, 0.6) is 0 Å². The minimum absolute atomic E-state index is 0.175. The second kappa shape index (κ2) is 5.68. The van der Waals surface area contributed by atoms with E-state index in [2.05, 4.69) is 34.3 Å². The van der Waals surface area contributed by atoms with Crippen molar-refractivity contribution in [2.24, 2.45) is 0 Å². The van der Waals surface area contributed by atoms with E-state index in [0.29, 0.717) is 6.42 Å². The van der Waals surface area contributed by atoms with Crippen LogP contribution in [0.15, 0.2) is 42.7 Å². The van der Waals surface area contributed by atoms with Gasteiger partial charge in [0.05, 0.1) is 18.3 Å². The molecule has 1 aromatic heterocycles. The molecule has 130 valence electrons. The van der Waals surface area contributed by atoms with Crippen LogP contribution in [0.3, 0.4) is 0 Å². The molecule has 1 amide bonds. The maximum absolute atomic E-state index is 12.4. The number of nitrogens with zero attached hydrogens (tertiary/aromatic N) is 4. The Morgan fingerprint density at radius 1 is 1.28 bits per heavy atom. The number of rotatable bonds is 3. The van der Waals surface area contributed by atoms with Crippen molar-refractivity contribution < 1.29 is 9.53 Å². The second-order valence-electron chi connectivity index (χ2n) is 7.15. The van der Waals surface area contributed by atoms with Gasteiger partial charge in [0.2, 0.25) is 5.91 Å². The van der Waals surface area contributed by atoms with E-state index >= 15 is 0 Å². The highest BCUT2D eigenvalue weighted by Crippen LogP contribution is 2.45. The van der Waals surface area contributed by atoms with Crippen molar-refractivity contribution in [1.82, 2.24) is 19.6 Å². The molecule has 0 aliphatic carbocycles. The van der Waals surface area contributed by atoms with Crippen LogP contribution >= 0.6 is 0 Å². The zero-order valence-corrected chi connectivity index (χ0v) is 14.2. The van der Waals surface area contributed by atoms with Gasteiger partial charge < -0.3 is 9.64 Å². The van der Waals surface area contributed by atoms with Gasteiger partial charge in [-0.3, -0.25) is 9.69 Å². The zero-order valence-electron chi connectivity index (χ0n) is 14.2. The van der Waals surface area contributed by atoms with Gasteiger partial charge in [0.25, 0.3) is 0 Å². The van der Waals surface area contributed by atoms with Crippen molar-refractivity contribution in [3.8, 4) is 5.69 Å². The third kappa shape index (κ3) is 2.32. The number of hydrogen-bond donors (Lipinski definition) is 0. The molecule has 0 unspecified atom stereocenters. The smallest absolute Gasteiger partial charge is 0.226 e. The van der Waals surface area contributed by atoms with Crippen molar-refractivity contribution in [2.45, 2.75) is 37.6 Å². The van der Waals surface area contributed by atoms with Crippen molar-refractivity contribution >= 4 is 5.91 Å². The number of aromatic nitrogens is 2. The molecule has 2 aromatic rings. The molecule has 0 saturated carbocycles. The SMILES string of the molecule is O=C1C[C@H]2N(Cc3cccc(-n4cccn4)c3)CC[C@]23OCCCN13. The van der Waals surface area contributed by atoms with Crippen molar-refractivity contribution in [3.63, 3.8) is 0 Å². The Labute approximate surface area is 147 Å². The summed E-state index contributed by atoms with van der Waals surface area (Å²) in [6.45, 7) is 3.42. The van der Waals surface area contributed by atoms with E-state index in [-0.39, 0.29) is 17.7 Å². The van der Waals surface area contributed by atoms with E-state index < -0.39 is 0 Å². The fourth-order valence-electron chi connectivity index (χ4n) is 4.68. The van der Waals surface area contributed by atoms with Gasteiger partial charge in [0, 0.05) is 44.9 Å². The zero-order chi connectivity index (χ0) is 16.9. The molecule has 4 heterocycles. The molecule has 0 N–H and O–H groups in total. The van der Waals surface area contributed by atoms with Crippen molar-refractivity contribution in [2.75, 3.05) is 19.7 Å². The summed E-state index contributed by atoms with van der Waals surface area (Å²) in [4.78, 5) is 16.9. The van der Waals surface area contributed by atoms with Crippen LogP contribution in [-0.4, -0.2) is 57.0 Å². The van der Waals surface area contributed by atoms with Gasteiger partial charge in [0.15, 0.2) is 5.72 Å². The molecule has 1 aromatic carbocycles. The van der Waals surface area contributed by atoms with E-state index in [1.54, 1.807) is 6.20 Å². The Hall–Kier alpha value is -2.18. The monoisotopic (exact) mass is 338 g/mol. The molecule has 5 rings (SSSR count). The highest BCUT2D eigenvalue weighted by atomic mass is 16.5. The maximum Gasteiger partial charge on any atom is 0.226 e. The molecule has 0 radical (unpaired) electrons. The van der Waals surface area contributed by atoms with Gasteiger partial charge >= 0.3 is 0 Å². The van der Waals surface area contributed by atoms with Crippen molar-refractivity contribution in [1.29, 1.82) is 0 Å². The maximum atomic E-state index is 12.4. The average Bonchev–Trinajstić information content (AvgIpc) is 3.33. The molecular weight excluding hydrogens is 316 g/mol. The normalized spacial score (nSPS) is 29.0. The molecule has 3 saturated heterocycles. The Morgan fingerprint density at radius 2 is 2.24 bits per heavy atom. The molecule has 3 aliphatic heterocycles. The van der Waals surface area contributed by atoms with E-state index in [4.69, 9.17) is 4.74 Å². The standard InChI is InChI=1S/C19H22N4O2/c24-18-13-17-19(22(18)8-3-11-25-19)6-10-21(17)14-15-4-1-5-16(12-15)23-9-2-7-20-23/h1-2,4-5,7,9,12,17H,3,6,8,10-11,13-14H2/t17-,19+/m1/s1. The van der Waals surface area contributed by atoms with Crippen LogP contribution in [0.25, 0.3) is 5.69 Å². The lowest BCUT2D eigenvalue weighted by atomic mass is 10.0. The summed E-state index contributed by atoms with van der Waals surface area (Å²) >= 11 is 0. The first-order valence-electron chi connectivity index (χ1n) is 9.04. The number of likely N-dealkylation sites (tertiary alicyclic amines) is 1. The van der Waals surface area contributed by atoms with E-state index in [9.17, 15) is 4.79 Å². The summed E-state index contributed by atoms with van der Waals surface area (Å²) in [6, 6.07) is 10.6. The Bertz CT molecular complexity index is 790. The number of carbonyl (C=O) groups is 1. The summed E-state index contributed by atoms with van der Waals surface area (Å²) in [5, 5.41) is 4.31. The van der Waals surface area contributed by atoms with Gasteiger partial charge in [-0.05, 0) is 30.2 Å². The summed E-state index contributed by atoms with van der Waals surface area (Å²) in [7, 11) is 0. The molecule has 1 spiro atoms. The van der Waals surface area contributed by atoms with Crippen LogP contribution in [0, 0.1) is 0 Å². The molecular formula is C19H22N4O2. The number of hydrogen-bond acceptors (Lipinski definition) is 4. The summed E-state index contributed by atoms with van der Waals surface area (Å²) in [5.74, 6) is 0.250. The molecule has 0 bridgehead atoms. The van der Waals surface area contributed by atoms with Gasteiger partial charge in [-0.2, -0.15) is 5.10 Å². The lowest BCUT2D eigenvalue weighted by Crippen LogP contribution is -2.56. The largest absolute Gasteiger partial charge is 0.354 e. The molecule has 3 aliphatic rings. The molecule has 2 atom stereocenters. The first-order valence-corrected chi connectivity index (χ1v) is 9.04. The third-order valence-electron chi connectivity index (χ3n) is 5.79. The van der Waals surface area contributed by atoms with Gasteiger partial charge in [-0.25, -0.2) is 4.68 Å². The predicted molar refractivity (Wildman–Crippen MR) is 92.0 cm³/mol. The van der Waals surface area contributed by atoms with Gasteiger partial charge in [-0.15, -0.1) is 0 Å². The Kier molecular flexibility index (Phi) is 3.43. The quantitative estimate of drug-likeness (QED) is 0.856. The minimum atomic E-state index is -0.366. The Balaban J connectivity index is 1.39. The number of ether oxygens (including phenoxy) is 1. The highest BCUT2D eigenvalue weighted by molar-refractivity contribution is 5.81. The van der Waals surface area contributed by atoms with E-state index in [1.807, 2.05) is 21.8 Å². The third-order valence-corrected chi connectivity index (χ3v) is 5.79. The van der Waals surface area contributed by atoms with Gasteiger partial charge in [-0.1, -0.05) is 12.1 Å². The van der Waals surface area contributed by atoms with Crippen LogP contribution in [-0.2, 0) is 16.1 Å². The van der Waals surface area contributed by atoms with Crippen molar-refractivity contribution in [3.05, 3.63) is 48.3 Å². The highest BCUT2D eigenvalue weighted by Gasteiger charge is 2.60. The molecule has 6 heteroatoms. The molecule has 25 heavy (non-hydrogen) atoms. The van der Waals surface area contributed by atoms with Crippen LogP contribution in [0.4, 0.5) is 0 Å². The fourth-order valence-corrected chi connectivity index (χ4v) is 4.68. The van der Waals surface area contributed by atoms with E-state index in [1.165, 1.54) is 5.56 Å². The summed E-state index contributed by atoms with van der Waals surface area (Å²) in [6.07, 6.45) is 6.19. The number of carbonyl (C=O) groups excluding carboxylic acids is 1. The topological polar surface area (TPSA) is 50.6 Å². The molecule has 6 nitrogen and oxygen atoms in total. The van der Waals surface area contributed by atoms with Crippen LogP contribution in [0.1, 0.15) is 24.8 Å². The second-order valence-corrected chi connectivity index (χ2v) is 7.15. The Morgan fingerprint density at radius 3 is 3.12 bits per heavy atom. The van der Waals surface area contributed by atoms with E-state index in [0.717, 1.165) is 44.8 Å². The van der Waals surface area contributed by atoms with Gasteiger partial charge in [0.1, 0.15) is 0 Å². The summed E-state index contributed by atoms with van der Waals surface area (Å²) < 4.78 is 8.06. The number of benzene rings is 1. The predicted octanol–water partition coefficient (Wildman–Crippen LogP) is 1.80. The fraction of sp³-hybridized carbons (Fsp3) is 0.474. The molecule has 3 fully saturated rings. The first kappa shape index (κ1) is 15.1. The summed E-state index contributed by atoms with van der Waals surface area (Å²) in [5.41, 5.74) is 1.94. The van der Waals surface area contributed by atoms with Crippen LogP contribution < -0.4 is 0 Å². The van der Waals surface area contributed by atoms with Crippen LogP contribution in [0.2, 0.25) is 0 Å². The lowest BCUT2D eigenvalue weighted by Gasteiger charge is -2.42. The number of amides is 1. The lowest BCUT2D eigenvalue weighted by molar-refractivity contribution is -0.180. The average molecular weight is 338 g/mol. The minimum Gasteiger partial charge on any atom is -0.354 e. The first-order chi connectivity index (χ1) is 12.3.